The molecule has 0 saturated heterocycles. The fourth-order valence-corrected chi connectivity index (χ4v) is 1.72. The number of aromatic nitrogens is 2. The number of nitrogens with zero attached hydrogens (tertiary/aromatic N) is 2. The average Bonchev–Trinajstić information content (AvgIpc) is 2.48. The fourth-order valence-electron chi connectivity index (χ4n) is 1.38. The quantitative estimate of drug-likeness (QED) is 0.794. The van der Waals surface area contributed by atoms with E-state index in [2.05, 4.69) is 5.10 Å². The van der Waals surface area contributed by atoms with Gasteiger partial charge in [-0.15, -0.1) is 0 Å². The maximum absolute atomic E-state index is 10.0. The molecular weight excluding hydrogens is 202 g/mol. The van der Waals surface area contributed by atoms with Crippen LogP contribution in [0.25, 0.3) is 0 Å². The molecule has 0 aliphatic heterocycles. The molecule has 1 heterocycles. The third-order valence-electron chi connectivity index (χ3n) is 2.14. The summed E-state index contributed by atoms with van der Waals surface area (Å²) in [4.78, 5) is 0. The molecule has 0 aliphatic rings. The van der Waals surface area contributed by atoms with Gasteiger partial charge in [0.15, 0.2) is 0 Å². The Balaban J connectivity index is 3.10. The SMILES string of the molecule is CCCn1ncc(Cl)c1C(C)(O)CN. The largest absolute Gasteiger partial charge is 0.382 e. The van der Waals surface area contributed by atoms with Crippen LogP contribution < -0.4 is 5.73 Å². The molecule has 0 aliphatic carbocycles. The molecule has 4 nitrogen and oxygen atoms in total. The minimum atomic E-state index is -1.11. The summed E-state index contributed by atoms with van der Waals surface area (Å²) < 4.78 is 1.70. The molecule has 5 heteroatoms. The van der Waals surface area contributed by atoms with Crippen LogP contribution in [0, 0.1) is 0 Å². The van der Waals surface area contributed by atoms with E-state index in [9.17, 15) is 5.11 Å². The molecule has 80 valence electrons. The zero-order valence-electron chi connectivity index (χ0n) is 8.50. The van der Waals surface area contributed by atoms with Crippen molar-refractivity contribution >= 4 is 11.6 Å². The molecule has 14 heavy (non-hydrogen) atoms. The Bertz CT molecular complexity index is 309. The molecule has 0 radical (unpaired) electrons. The van der Waals surface area contributed by atoms with Gasteiger partial charge in [-0.25, -0.2) is 0 Å². The molecular formula is C9H16ClN3O. The van der Waals surface area contributed by atoms with Gasteiger partial charge in [0.2, 0.25) is 0 Å². The van der Waals surface area contributed by atoms with Crippen molar-refractivity contribution in [3.05, 3.63) is 16.9 Å². The van der Waals surface area contributed by atoms with Crippen LogP contribution >= 0.6 is 11.6 Å². The molecule has 1 rings (SSSR count). The van der Waals surface area contributed by atoms with Crippen LogP contribution in [0.4, 0.5) is 0 Å². The maximum atomic E-state index is 10.0. The van der Waals surface area contributed by atoms with Gasteiger partial charge in [-0.3, -0.25) is 4.68 Å². The molecule has 1 unspecified atom stereocenters. The molecule has 0 spiro atoms. The number of rotatable bonds is 4. The van der Waals surface area contributed by atoms with Crippen molar-refractivity contribution in [3.8, 4) is 0 Å². The average molecular weight is 218 g/mol. The van der Waals surface area contributed by atoms with Gasteiger partial charge < -0.3 is 10.8 Å². The predicted molar refractivity (Wildman–Crippen MR) is 56.2 cm³/mol. The highest BCUT2D eigenvalue weighted by atomic mass is 35.5. The minimum Gasteiger partial charge on any atom is -0.382 e. The molecule has 1 aromatic rings. The van der Waals surface area contributed by atoms with Crippen LogP contribution in [0.15, 0.2) is 6.20 Å². The summed E-state index contributed by atoms with van der Waals surface area (Å²) in [5.74, 6) is 0. The first-order valence-electron chi connectivity index (χ1n) is 4.67. The highest BCUT2D eigenvalue weighted by molar-refractivity contribution is 6.31. The summed E-state index contributed by atoms with van der Waals surface area (Å²) in [6.07, 6.45) is 2.47. The lowest BCUT2D eigenvalue weighted by Gasteiger charge is -2.22. The van der Waals surface area contributed by atoms with Gasteiger partial charge in [0.25, 0.3) is 0 Å². The van der Waals surface area contributed by atoms with Crippen molar-refractivity contribution in [3.63, 3.8) is 0 Å². The van der Waals surface area contributed by atoms with Crippen LogP contribution in [0.5, 0.6) is 0 Å². The zero-order valence-corrected chi connectivity index (χ0v) is 9.25. The van der Waals surface area contributed by atoms with Gasteiger partial charge in [-0.1, -0.05) is 18.5 Å². The number of aliphatic hydroxyl groups is 1. The second-order valence-corrected chi connectivity index (χ2v) is 3.95. The topological polar surface area (TPSA) is 64.1 Å². The lowest BCUT2D eigenvalue weighted by molar-refractivity contribution is 0.0569. The summed E-state index contributed by atoms with van der Waals surface area (Å²) in [5, 5.41) is 14.6. The van der Waals surface area contributed by atoms with Gasteiger partial charge in [0, 0.05) is 13.1 Å². The van der Waals surface area contributed by atoms with Gasteiger partial charge in [-0.05, 0) is 13.3 Å². The van der Waals surface area contributed by atoms with E-state index in [1.54, 1.807) is 11.6 Å². The van der Waals surface area contributed by atoms with Crippen LogP contribution in [-0.4, -0.2) is 21.4 Å². The van der Waals surface area contributed by atoms with Gasteiger partial charge in [0.1, 0.15) is 5.60 Å². The third-order valence-corrected chi connectivity index (χ3v) is 2.41. The normalized spacial score (nSPS) is 15.5. The van der Waals surface area contributed by atoms with Crippen molar-refractivity contribution in [2.45, 2.75) is 32.4 Å². The van der Waals surface area contributed by atoms with Crippen molar-refractivity contribution in [1.29, 1.82) is 0 Å². The maximum Gasteiger partial charge on any atom is 0.117 e. The second kappa shape index (κ2) is 4.29. The van der Waals surface area contributed by atoms with Crippen molar-refractivity contribution in [1.82, 2.24) is 9.78 Å². The Hall–Kier alpha value is -0.580. The van der Waals surface area contributed by atoms with E-state index < -0.39 is 5.60 Å². The molecule has 3 N–H and O–H groups in total. The van der Waals surface area contributed by atoms with E-state index in [0.29, 0.717) is 10.7 Å². The number of nitrogens with two attached hydrogens (primary N) is 1. The van der Waals surface area contributed by atoms with E-state index in [0.717, 1.165) is 13.0 Å². The number of halogens is 1. The van der Waals surface area contributed by atoms with Gasteiger partial charge >= 0.3 is 0 Å². The first-order chi connectivity index (χ1) is 6.53. The van der Waals surface area contributed by atoms with Gasteiger partial charge in [0.05, 0.1) is 16.9 Å². The molecule has 0 bridgehead atoms. The number of hydrogen-bond acceptors (Lipinski definition) is 3. The Kier molecular flexibility index (Phi) is 3.53. The highest BCUT2D eigenvalue weighted by Crippen LogP contribution is 2.27. The van der Waals surface area contributed by atoms with E-state index in [-0.39, 0.29) is 6.54 Å². The molecule has 1 aromatic heterocycles. The van der Waals surface area contributed by atoms with Crippen molar-refractivity contribution in [2.24, 2.45) is 5.73 Å². The zero-order chi connectivity index (χ0) is 10.8. The molecule has 0 fully saturated rings. The number of aryl methyl sites for hydroxylation is 1. The summed E-state index contributed by atoms with van der Waals surface area (Å²) in [7, 11) is 0. The van der Waals surface area contributed by atoms with Crippen LogP contribution in [0.1, 0.15) is 26.0 Å². The van der Waals surface area contributed by atoms with Crippen molar-refractivity contribution < 1.29 is 5.11 Å². The minimum absolute atomic E-state index is 0.127. The second-order valence-electron chi connectivity index (χ2n) is 3.54. The van der Waals surface area contributed by atoms with Crippen LogP contribution in [-0.2, 0) is 12.1 Å². The highest BCUT2D eigenvalue weighted by Gasteiger charge is 2.28. The molecule has 0 aromatic carbocycles. The van der Waals surface area contributed by atoms with E-state index in [1.165, 1.54) is 6.20 Å². The monoisotopic (exact) mass is 217 g/mol. The Labute approximate surface area is 88.7 Å². The number of hydrogen-bond donors (Lipinski definition) is 2. The fraction of sp³-hybridized carbons (Fsp3) is 0.667. The summed E-state index contributed by atoms with van der Waals surface area (Å²) in [6.45, 7) is 4.54. The van der Waals surface area contributed by atoms with Crippen molar-refractivity contribution in [2.75, 3.05) is 6.54 Å². The third kappa shape index (κ3) is 2.08. The summed E-state index contributed by atoms with van der Waals surface area (Å²) in [5.41, 5.74) is 4.97. The first-order valence-corrected chi connectivity index (χ1v) is 5.05. The Morgan fingerprint density at radius 1 is 1.71 bits per heavy atom. The summed E-state index contributed by atoms with van der Waals surface area (Å²) >= 11 is 5.95. The van der Waals surface area contributed by atoms with Crippen LogP contribution in [0.3, 0.4) is 0 Å². The Morgan fingerprint density at radius 2 is 2.36 bits per heavy atom. The van der Waals surface area contributed by atoms with Gasteiger partial charge in [-0.2, -0.15) is 5.10 Å². The van der Waals surface area contributed by atoms with Crippen LogP contribution in [0.2, 0.25) is 5.02 Å². The molecule has 0 saturated carbocycles. The van der Waals surface area contributed by atoms with E-state index in [1.807, 2.05) is 6.92 Å². The van der Waals surface area contributed by atoms with E-state index in [4.69, 9.17) is 17.3 Å². The lowest BCUT2D eigenvalue weighted by Crippen LogP contribution is -2.34. The molecule has 1 atom stereocenters. The Morgan fingerprint density at radius 3 is 2.86 bits per heavy atom. The predicted octanol–water partition coefficient (Wildman–Crippen LogP) is 1.11. The summed E-state index contributed by atoms with van der Waals surface area (Å²) in [6, 6.07) is 0. The first kappa shape index (κ1) is 11.5. The lowest BCUT2D eigenvalue weighted by atomic mass is 10.0. The van der Waals surface area contributed by atoms with E-state index >= 15 is 0 Å². The standard InChI is InChI=1S/C9H16ClN3O/c1-3-4-13-8(7(10)5-12-13)9(2,14)6-11/h5,14H,3-4,6,11H2,1-2H3. The molecule has 0 amide bonds. The smallest absolute Gasteiger partial charge is 0.117 e.